The third-order valence-electron chi connectivity index (χ3n) is 8.24. The highest BCUT2D eigenvalue weighted by Crippen LogP contribution is 2.60. The molecule has 4 bridgehead atoms. The molecule has 4 aliphatic carbocycles. The minimum Gasteiger partial charge on any atom is -0.459 e. The van der Waals surface area contributed by atoms with Crippen LogP contribution in [-0.4, -0.2) is 40.7 Å². The van der Waals surface area contributed by atoms with Gasteiger partial charge in [-0.3, -0.25) is 4.79 Å². The number of hydrogen-bond donors (Lipinski definition) is 3. The smallest absolute Gasteiger partial charge is 0.320 e. The molecular weight excluding hydrogens is 500 g/mol. The quantitative estimate of drug-likeness (QED) is 0.377. The van der Waals surface area contributed by atoms with E-state index in [0.717, 1.165) is 30.9 Å². The normalized spacial score (nSPS) is 27.6. The van der Waals surface area contributed by atoms with Gasteiger partial charge in [0.05, 0.1) is 12.7 Å². The Morgan fingerprint density at radius 1 is 1.18 bits per heavy atom. The number of carbonyl (C=O) groups is 1. The van der Waals surface area contributed by atoms with Crippen molar-refractivity contribution in [2.45, 2.75) is 71.1 Å². The fraction of sp³-hybridized carbons (Fsp3) is 0.586. The zero-order chi connectivity index (χ0) is 26.9. The minimum absolute atomic E-state index is 0.184. The van der Waals surface area contributed by atoms with Gasteiger partial charge in [-0.15, -0.1) is 0 Å². The van der Waals surface area contributed by atoms with Crippen LogP contribution in [0.15, 0.2) is 30.5 Å². The molecule has 0 amide bonds. The van der Waals surface area contributed by atoms with E-state index in [1.807, 2.05) is 45.0 Å². The number of nitrogens with zero attached hydrogens (tertiary/aromatic N) is 3. The molecule has 1 aromatic heterocycles. The number of anilines is 2. The third kappa shape index (κ3) is 6.05. The van der Waals surface area contributed by atoms with Gasteiger partial charge >= 0.3 is 5.97 Å². The van der Waals surface area contributed by atoms with Gasteiger partial charge in [-0.05, 0) is 87.7 Å². The summed E-state index contributed by atoms with van der Waals surface area (Å²) < 4.78 is 5.51. The lowest BCUT2D eigenvalue weighted by Crippen LogP contribution is -2.60. The second-order valence-corrected chi connectivity index (χ2v) is 12.7. The van der Waals surface area contributed by atoms with E-state index in [1.54, 1.807) is 6.20 Å². The molecule has 5 atom stereocenters. The SMILES string of the molecule is CC(C)(C)OC(=O)CNC1[C@@H]2CC3C[C@H]1CC(CNc1nc(NCc4ccccc4Cl)ncc1C#N)(C3)C2. The Hall–Kier alpha value is -2.89. The highest BCUT2D eigenvalue weighted by molar-refractivity contribution is 6.31. The molecule has 4 aliphatic rings. The van der Waals surface area contributed by atoms with E-state index in [1.165, 1.54) is 19.3 Å². The summed E-state index contributed by atoms with van der Waals surface area (Å²) in [7, 11) is 0. The first-order valence-corrected chi connectivity index (χ1v) is 13.9. The number of nitrogens with one attached hydrogen (secondary N) is 3. The average molecular weight is 537 g/mol. The van der Waals surface area contributed by atoms with Gasteiger partial charge in [-0.1, -0.05) is 29.8 Å². The summed E-state index contributed by atoms with van der Waals surface area (Å²) in [6.07, 6.45) is 7.44. The molecule has 1 heterocycles. The summed E-state index contributed by atoms with van der Waals surface area (Å²) in [5.74, 6) is 2.68. The highest BCUT2D eigenvalue weighted by atomic mass is 35.5. The molecule has 0 saturated heterocycles. The minimum atomic E-state index is -0.466. The molecule has 4 saturated carbocycles. The maximum atomic E-state index is 12.3. The number of rotatable bonds is 9. The van der Waals surface area contributed by atoms with Crippen molar-refractivity contribution in [3.63, 3.8) is 0 Å². The Bertz CT molecular complexity index is 1210. The first-order valence-electron chi connectivity index (χ1n) is 13.6. The molecule has 6 rings (SSSR count). The Labute approximate surface area is 229 Å². The highest BCUT2D eigenvalue weighted by Gasteiger charge is 2.55. The molecule has 0 radical (unpaired) electrons. The standard InChI is InChI=1S/C29H37ClN6O2/c1-28(2,3)38-24(37)16-32-25-20-8-18-9-21(25)12-29(10-18,11-20)17-35-26-22(13-31)15-34-27(36-26)33-14-19-6-4-5-7-23(19)30/h4-7,15,18,20-21,25,32H,8-12,14,16-17H2,1-3H3,(H2,33,34,35,36)/t18?,20-,21+,25?,29?. The number of hydrogen-bond acceptors (Lipinski definition) is 8. The van der Waals surface area contributed by atoms with Crippen molar-refractivity contribution in [1.29, 1.82) is 5.26 Å². The Kier molecular flexibility index (Phi) is 7.52. The van der Waals surface area contributed by atoms with Crippen molar-refractivity contribution in [1.82, 2.24) is 15.3 Å². The summed E-state index contributed by atoms with van der Waals surface area (Å²) in [4.78, 5) is 21.3. The van der Waals surface area contributed by atoms with Crippen LogP contribution in [0, 0.1) is 34.5 Å². The van der Waals surface area contributed by atoms with E-state index in [-0.39, 0.29) is 17.9 Å². The lowest BCUT2D eigenvalue weighted by molar-refractivity contribution is -0.154. The van der Waals surface area contributed by atoms with Crippen molar-refractivity contribution in [3.05, 3.63) is 46.6 Å². The molecule has 0 aliphatic heterocycles. The van der Waals surface area contributed by atoms with Crippen molar-refractivity contribution in [3.8, 4) is 6.07 Å². The first-order chi connectivity index (χ1) is 18.1. The van der Waals surface area contributed by atoms with Crippen molar-refractivity contribution in [2.24, 2.45) is 23.2 Å². The maximum Gasteiger partial charge on any atom is 0.320 e. The average Bonchev–Trinajstić information content (AvgIpc) is 2.85. The van der Waals surface area contributed by atoms with E-state index < -0.39 is 5.60 Å². The molecule has 2 aromatic rings. The summed E-state index contributed by atoms with van der Waals surface area (Å²) in [5.41, 5.74) is 1.12. The fourth-order valence-electron chi connectivity index (χ4n) is 7.09. The van der Waals surface area contributed by atoms with Crippen molar-refractivity contribution in [2.75, 3.05) is 23.7 Å². The predicted molar refractivity (Wildman–Crippen MR) is 148 cm³/mol. The van der Waals surface area contributed by atoms with Crippen LogP contribution >= 0.6 is 11.6 Å². The van der Waals surface area contributed by atoms with Gasteiger partial charge in [0.25, 0.3) is 0 Å². The number of carbonyl (C=O) groups excluding carboxylic acids is 1. The van der Waals surface area contributed by atoms with Crippen molar-refractivity contribution < 1.29 is 9.53 Å². The Balaban J connectivity index is 1.21. The summed E-state index contributed by atoms with van der Waals surface area (Å²) >= 11 is 6.28. The molecule has 202 valence electrons. The third-order valence-corrected chi connectivity index (χ3v) is 8.61. The summed E-state index contributed by atoms with van der Waals surface area (Å²) in [6, 6.07) is 10.2. The number of esters is 1. The molecule has 3 unspecified atom stereocenters. The van der Waals surface area contributed by atoms with Crippen LogP contribution in [0.25, 0.3) is 0 Å². The van der Waals surface area contributed by atoms with Crippen LogP contribution in [0.2, 0.25) is 5.02 Å². The molecular formula is C29H37ClN6O2. The zero-order valence-corrected chi connectivity index (χ0v) is 23.1. The van der Waals surface area contributed by atoms with E-state index in [2.05, 4.69) is 32.0 Å². The van der Waals surface area contributed by atoms with Gasteiger partial charge < -0.3 is 20.7 Å². The summed E-state index contributed by atoms with van der Waals surface area (Å²) in [6.45, 7) is 7.25. The molecule has 4 fully saturated rings. The topological polar surface area (TPSA) is 112 Å². The number of benzene rings is 1. The van der Waals surface area contributed by atoms with Crippen molar-refractivity contribution >= 4 is 29.3 Å². The monoisotopic (exact) mass is 536 g/mol. The molecule has 38 heavy (non-hydrogen) atoms. The van der Waals surface area contributed by atoms with Crippen LogP contribution in [0.4, 0.5) is 11.8 Å². The Morgan fingerprint density at radius 2 is 1.92 bits per heavy atom. The number of halogens is 1. The first kappa shape index (κ1) is 26.7. The molecule has 9 heteroatoms. The second kappa shape index (κ2) is 10.7. The van der Waals surface area contributed by atoms with Gasteiger partial charge in [0, 0.05) is 24.2 Å². The van der Waals surface area contributed by atoms with Gasteiger partial charge in [-0.25, -0.2) is 4.98 Å². The van der Waals surface area contributed by atoms with Gasteiger partial charge in [-0.2, -0.15) is 10.2 Å². The molecule has 3 N–H and O–H groups in total. The Morgan fingerprint density at radius 3 is 2.61 bits per heavy atom. The number of ether oxygens (including phenoxy) is 1. The number of aromatic nitrogens is 2. The lowest BCUT2D eigenvalue weighted by Gasteiger charge is -2.60. The van der Waals surface area contributed by atoms with Crippen LogP contribution < -0.4 is 16.0 Å². The maximum absolute atomic E-state index is 12.3. The fourth-order valence-corrected chi connectivity index (χ4v) is 7.29. The van der Waals surface area contributed by atoms with Gasteiger partial charge in [0.15, 0.2) is 0 Å². The van der Waals surface area contributed by atoms with E-state index in [4.69, 9.17) is 16.3 Å². The zero-order valence-electron chi connectivity index (χ0n) is 22.4. The molecule has 1 aromatic carbocycles. The van der Waals surface area contributed by atoms with Gasteiger partial charge in [0.1, 0.15) is 23.1 Å². The molecule has 8 nitrogen and oxygen atoms in total. The largest absolute Gasteiger partial charge is 0.459 e. The van der Waals surface area contributed by atoms with E-state index >= 15 is 0 Å². The lowest BCUT2D eigenvalue weighted by atomic mass is 9.48. The van der Waals surface area contributed by atoms with Crippen LogP contribution in [0.1, 0.15) is 64.0 Å². The molecule has 0 spiro atoms. The number of nitriles is 1. The van der Waals surface area contributed by atoms with E-state index in [9.17, 15) is 10.1 Å². The summed E-state index contributed by atoms with van der Waals surface area (Å²) in [5, 5.41) is 20.7. The second-order valence-electron chi connectivity index (χ2n) is 12.3. The van der Waals surface area contributed by atoms with Crippen LogP contribution in [-0.2, 0) is 16.1 Å². The predicted octanol–water partition coefficient (Wildman–Crippen LogP) is 5.15. The van der Waals surface area contributed by atoms with Gasteiger partial charge in [0.2, 0.25) is 5.95 Å². The van der Waals surface area contributed by atoms with E-state index in [0.29, 0.717) is 46.8 Å². The van der Waals surface area contributed by atoms with Crippen LogP contribution in [0.3, 0.4) is 0 Å². The van der Waals surface area contributed by atoms with Crippen LogP contribution in [0.5, 0.6) is 0 Å².